The molecule has 0 saturated heterocycles. The Kier molecular flexibility index (Phi) is 4.11. The third-order valence-electron chi connectivity index (χ3n) is 2.12. The van der Waals surface area contributed by atoms with Crippen LogP contribution in [0.25, 0.3) is 0 Å². The molecule has 4 nitrogen and oxygen atoms in total. The first-order chi connectivity index (χ1) is 8.25. The summed E-state index contributed by atoms with van der Waals surface area (Å²) in [5.74, 6) is -0.809. The topological polar surface area (TPSA) is 63.1 Å². The fourth-order valence-electron chi connectivity index (χ4n) is 1.39. The van der Waals surface area contributed by atoms with Gasteiger partial charge in [0.05, 0.1) is 6.42 Å². The van der Waals surface area contributed by atoms with Gasteiger partial charge >= 0.3 is 5.97 Å². The van der Waals surface area contributed by atoms with Gasteiger partial charge in [-0.1, -0.05) is 42.1 Å². The number of thioether (sulfide) groups is 1. The molecule has 2 rings (SSSR count). The van der Waals surface area contributed by atoms with Crippen LogP contribution in [0.5, 0.6) is 0 Å². The summed E-state index contributed by atoms with van der Waals surface area (Å²) in [6.45, 7) is 0. The number of aliphatic carboxylic acids is 1. The van der Waals surface area contributed by atoms with Gasteiger partial charge in [-0.3, -0.25) is 4.79 Å². The van der Waals surface area contributed by atoms with E-state index in [1.807, 2.05) is 30.3 Å². The third-order valence-corrected chi connectivity index (χ3v) is 4.12. The maximum absolute atomic E-state index is 10.9. The average Bonchev–Trinajstić information content (AvgIpc) is 2.82. The van der Waals surface area contributed by atoms with Crippen LogP contribution in [0.1, 0.15) is 17.2 Å². The van der Waals surface area contributed by atoms with Gasteiger partial charge in [0.2, 0.25) is 0 Å². The summed E-state index contributed by atoms with van der Waals surface area (Å²) in [5, 5.41) is 8.80. The molecule has 1 aromatic heterocycles. The summed E-state index contributed by atoms with van der Waals surface area (Å²) in [7, 11) is 0. The van der Waals surface area contributed by atoms with E-state index in [0.29, 0.717) is 0 Å². The fraction of sp³-hybridized carbons (Fsp3) is 0.182. The Hall–Kier alpha value is -1.40. The van der Waals surface area contributed by atoms with Crippen molar-refractivity contribution < 1.29 is 9.90 Å². The van der Waals surface area contributed by atoms with E-state index in [4.69, 9.17) is 5.11 Å². The average molecular weight is 266 g/mol. The molecule has 0 aliphatic rings. The highest BCUT2D eigenvalue weighted by molar-refractivity contribution is 8.01. The molecule has 6 heteroatoms. The number of carboxylic acid groups (broad SMARTS) is 1. The summed E-state index contributed by atoms with van der Waals surface area (Å²) in [5.41, 5.74) is 0.995. The molecule has 88 valence electrons. The van der Waals surface area contributed by atoms with E-state index in [-0.39, 0.29) is 11.7 Å². The molecule has 1 heterocycles. The van der Waals surface area contributed by atoms with Crippen molar-refractivity contribution in [3.8, 4) is 0 Å². The van der Waals surface area contributed by atoms with Crippen LogP contribution in [0.15, 0.2) is 41.0 Å². The second-order valence-electron chi connectivity index (χ2n) is 3.32. The van der Waals surface area contributed by atoms with Gasteiger partial charge in [0, 0.05) is 5.25 Å². The molecule has 0 aliphatic carbocycles. The lowest BCUT2D eigenvalue weighted by molar-refractivity contribution is -0.137. The van der Waals surface area contributed by atoms with Gasteiger partial charge in [-0.2, -0.15) is 4.37 Å². The Morgan fingerprint density at radius 2 is 2.18 bits per heavy atom. The van der Waals surface area contributed by atoms with Crippen LogP contribution >= 0.6 is 23.3 Å². The lowest BCUT2D eigenvalue weighted by Gasteiger charge is -2.12. The Labute approximate surface area is 107 Å². The van der Waals surface area contributed by atoms with Gasteiger partial charge in [0.15, 0.2) is 4.34 Å². The summed E-state index contributed by atoms with van der Waals surface area (Å²) in [4.78, 5) is 14.9. The summed E-state index contributed by atoms with van der Waals surface area (Å²) >= 11 is 2.72. The van der Waals surface area contributed by atoms with Gasteiger partial charge in [-0.05, 0) is 17.1 Å². The van der Waals surface area contributed by atoms with Crippen LogP contribution < -0.4 is 0 Å². The fourth-order valence-corrected chi connectivity index (χ4v) is 3.19. The van der Waals surface area contributed by atoms with Crippen LogP contribution in [-0.4, -0.2) is 20.4 Å². The predicted molar refractivity (Wildman–Crippen MR) is 67.2 cm³/mol. The van der Waals surface area contributed by atoms with Crippen LogP contribution in [0.3, 0.4) is 0 Å². The van der Waals surface area contributed by atoms with Crippen LogP contribution in [0.4, 0.5) is 0 Å². The first-order valence-electron chi connectivity index (χ1n) is 4.96. The zero-order valence-corrected chi connectivity index (χ0v) is 10.4. The second kappa shape index (κ2) is 5.79. The van der Waals surface area contributed by atoms with E-state index in [9.17, 15) is 4.79 Å². The Bertz CT molecular complexity index is 473. The van der Waals surface area contributed by atoms with Crippen LogP contribution in [0.2, 0.25) is 0 Å². The molecular weight excluding hydrogens is 256 g/mol. The molecule has 1 N–H and O–H groups in total. The maximum atomic E-state index is 10.9. The molecule has 0 bridgehead atoms. The number of hydrogen-bond donors (Lipinski definition) is 1. The molecule has 1 atom stereocenters. The summed E-state index contributed by atoms with van der Waals surface area (Å²) in [6.07, 6.45) is 1.56. The predicted octanol–water partition coefficient (Wildman–Crippen LogP) is 2.85. The minimum absolute atomic E-state index is 0.0776. The van der Waals surface area contributed by atoms with Crippen molar-refractivity contribution in [2.45, 2.75) is 16.0 Å². The molecular formula is C11H10N2O2S2. The molecule has 1 unspecified atom stereocenters. The quantitative estimate of drug-likeness (QED) is 0.843. The number of carbonyl (C=O) groups is 1. The third kappa shape index (κ3) is 3.54. The van der Waals surface area contributed by atoms with Crippen LogP contribution in [0, 0.1) is 0 Å². The first-order valence-corrected chi connectivity index (χ1v) is 6.61. The Morgan fingerprint density at radius 3 is 2.76 bits per heavy atom. The molecule has 0 amide bonds. The van der Waals surface area contributed by atoms with Gasteiger partial charge in [0.1, 0.15) is 6.33 Å². The van der Waals surface area contributed by atoms with Gasteiger partial charge in [0.25, 0.3) is 0 Å². The SMILES string of the molecule is O=C(O)CC(Sc1ncns1)c1ccccc1. The Balaban J connectivity index is 2.16. The minimum Gasteiger partial charge on any atom is -0.481 e. The van der Waals surface area contributed by atoms with Crippen molar-refractivity contribution in [3.63, 3.8) is 0 Å². The standard InChI is InChI=1S/C11H10N2O2S2/c14-10(15)6-9(8-4-2-1-3-5-8)16-11-12-7-13-17-11/h1-5,7,9H,6H2,(H,14,15). The van der Waals surface area contributed by atoms with E-state index in [1.165, 1.54) is 29.6 Å². The van der Waals surface area contributed by atoms with Gasteiger partial charge in [-0.15, -0.1) is 0 Å². The van der Waals surface area contributed by atoms with Crippen molar-refractivity contribution in [1.29, 1.82) is 0 Å². The van der Waals surface area contributed by atoms with E-state index >= 15 is 0 Å². The van der Waals surface area contributed by atoms with E-state index in [2.05, 4.69) is 9.36 Å². The summed E-state index contributed by atoms with van der Waals surface area (Å²) < 4.78 is 4.70. The number of nitrogens with zero attached hydrogens (tertiary/aromatic N) is 2. The monoisotopic (exact) mass is 266 g/mol. The lowest BCUT2D eigenvalue weighted by Crippen LogP contribution is -2.03. The van der Waals surface area contributed by atoms with Crippen molar-refractivity contribution in [1.82, 2.24) is 9.36 Å². The molecule has 17 heavy (non-hydrogen) atoms. The molecule has 0 saturated carbocycles. The molecule has 2 aromatic rings. The van der Waals surface area contributed by atoms with Crippen molar-refractivity contribution in [2.24, 2.45) is 0 Å². The van der Waals surface area contributed by atoms with E-state index in [1.54, 1.807) is 0 Å². The molecule has 0 spiro atoms. The molecule has 0 fully saturated rings. The number of carboxylic acids is 1. The Morgan fingerprint density at radius 1 is 1.41 bits per heavy atom. The van der Waals surface area contributed by atoms with Gasteiger partial charge < -0.3 is 5.11 Å². The first kappa shape index (κ1) is 12.1. The number of hydrogen-bond acceptors (Lipinski definition) is 5. The number of rotatable bonds is 5. The number of aromatic nitrogens is 2. The zero-order valence-electron chi connectivity index (χ0n) is 8.81. The highest BCUT2D eigenvalue weighted by Gasteiger charge is 2.18. The van der Waals surface area contributed by atoms with Gasteiger partial charge in [-0.25, -0.2) is 4.98 Å². The highest BCUT2D eigenvalue weighted by Crippen LogP contribution is 2.37. The molecule has 0 radical (unpaired) electrons. The van der Waals surface area contributed by atoms with Crippen molar-refractivity contribution >= 4 is 29.3 Å². The highest BCUT2D eigenvalue weighted by atomic mass is 32.2. The normalized spacial score (nSPS) is 12.2. The second-order valence-corrected chi connectivity index (χ2v) is 5.55. The van der Waals surface area contributed by atoms with Crippen molar-refractivity contribution in [3.05, 3.63) is 42.2 Å². The van der Waals surface area contributed by atoms with Crippen molar-refractivity contribution in [2.75, 3.05) is 0 Å². The lowest BCUT2D eigenvalue weighted by atomic mass is 10.1. The summed E-state index contributed by atoms with van der Waals surface area (Å²) in [6, 6.07) is 9.59. The molecule has 0 aliphatic heterocycles. The number of benzene rings is 1. The van der Waals surface area contributed by atoms with E-state index < -0.39 is 5.97 Å². The minimum atomic E-state index is -0.809. The largest absolute Gasteiger partial charge is 0.481 e. The van der Waals surface area contributed by atoms with Crippen LogP contribution in [-0.2, 0) is 4.79 Å². The smallest absolute Gasteiger partial charge is 0.304 e. The zero-order chi connectivity index (χ0) is 12.1. The maximum Gasteiger partial charge on any atom is 0.304 e. The van der Waals surface area contributed by atoms with E-state index in [0.717, 1.165) is 9.90 Å². The molecule has 1 aromatic carbocycles.